The van der Waals surface area contributed by atoms with Crippen LogP contribution < -0.4 is 0 Å². The van der Waals surface area contributed by atoms with E-state index in [0.29, 0.717) is 31.6 Å². The average molecular weight is 401 g/mol. The summed E-state index contributed by atoms with van der Waals surface area (Å²) in [6.07, 6.45) is 1.09. The minimum absolute atomic E-state index is 0.00124. The lowest BCUT2D eigenvalue weighted by Crippen LogP contribution is -2.44. The summed E-state index contributed by atoms with van der Waals surface area (Å²) in [5, 5.41) is 0. The molecule has 1 aliphatic heterocycles. The Bertz CT molecular complexity index is 789. The van der Waals surface area contributed by atoms with Crippen LogP contribution in [0.15, 0.2) is 23.1 Å². The highest BCUT2D eigenvalue weighted by molar-refractivity contribution is 7.89. The standard InChI is InChI=1S/C19H29FN2O4S/c1-14-8-9-16(11-17(14)20)27(24,25)22-10-6-7-15(13-22)12-21(5)18(23)26-19(2,3)4/h8-9,11,15H,6-7,10,12-13H2,1-5H3. The van der Waals surface area contributed by atoms with Crippen molar-refractivity contribution in [1.82, 2.24) is 9.21 Å². The second kappa shape index (κ2) is 8.14. The Morgan fingerprint density at radius 2 is 2.04 bits per heavy atom. The zero-order valence-electron chi connectivity index (χ0n) is 16.7. The molecule has 152 valence electrons. The van der Waals surface area contributed by atoms with Crippen molar-refractivity contribution in [2.24, 2.45) is 5.92 Å². The van der Waals surface area contributed by atoms with Crippen LogP contribution in [0.25, 0.3) is 0 Å². The third-order valence-corrected chi connectivity index (χ3v) is 6.36. The number of halogens is 1. The van der Waals surface area contributed by atoms with E-state index >= 15 is 0 Å². The van der Waals surface area contributed by atoms with Crippen LogP contribution in [-0.2, 0) is 14.8 Å². The molecule has 8 heteroatoms. The average Bonchev–Trinajstić information content (AvgIpc) is 2.56. The molecular weight excluding hydrogens is 371 g/mol. The third kappa shape index (κ3) is 5.65. The van der Waals surface area contributed by atoms with E-state index < -0.39 is 27.5 Å². The van der Waals surface area contributed by atoms with Crippen molar-refractivity contribution in [3.05, 3.63) is 29.6 Å². The van der Waals surface area contributed by atoms with Crippen LogP contribution in [0.4, 0.5) is 9.18 Å². The van der Waals surface area contributed by atoms with Crippen LogP contribution >= 0.6 is 0 Å². The molecule has 0 N–H and O–H groups in total. The highest BCUT2D eigenvalue weighted by Gasteiger charge is 2.32. The molecule has 1 aromatic carbocycles. The second-order valence-electron chi connectivity index (χ2n) is 8.14. The highest BCUT2D eigenvalue weighted by atomic mass is 32.2. The largest absolute Gasteiger partial charge is 0.444 e. The molecule has 1 unspecified atom stereocenters. The maximum absolute atomic E-state index is 13.8. The van der Waals surface area contributed by atoms with Gasteiger partial charge < -0.3 is 9.64 Å². The molecule has 0 saturated carbocycles. The Morgan fingerprint density at radius 3 is 2.63 bits per heavy atom. The van der Waals surface area contributed by atoms with Crippen molar-refractivity contribution in [1.29, 1.82) is 0 Å². The number of hydrogen-bond acceptors (Lipinski definition) is 4. The fourth-order valence-electron chi connectivity index (χ4n) is 3.08. The fraction of sp³-hybridized carbons (Fsp3) is 0.632. The smallest absolute Gasteiger partial charge is 0.410 e. The lowest BCUT2D eigenvalue weighted by atomic mass is 9.99. The first kappa shape index (κ1) is 21.6. The van der Waals surface area contributed by atoms with E-state index in [4.69, 9.17) is 4.74 Å². The normalized spacial score (nSPS) is 19.0. The molecule has 0 aliphatic carbocycles. The van der Waals surface area contributed by atoms with Gasteiger partial charge in [-0.25, -0.2) is 17.6 Å². The van der Waals surface area contributed by atoms with Crippen LogP contribution in [0, 0.1) is 18.7 Å². The number of ether oxygens (including phenoxy) is 1. The first-order valence-electron chi connectivity index (χ1n) is 9.10. The Morgan fingerprint density at radius 1 is 1.37 bits per heavy atom. The van der Waals surface area contributed by atoms with Gasteiger partial charge in [0.15, 0.2) is 0 Å². The summed E-state index contributed by atoms with van der Waals surface area (Å²) in [6.45, 7) is 8.09. The Labute approximate surface area is 161 Å². The van der Waals surface area contributed by atoms with Crippen molar-refractivity contribution < 1.29 is 22.3 Å². The number of hydrogen-bond donors (Lipinski definition) is 0. The van der Waals surface area contributed by atoms with Crippen LogP contribution in [-0.4, -0.2) is 56.0 Å². The molecule has 1 heterocycles. The number of carbonyl (C=O) groups is 1. The number of aryl methyl sites for hydroxylation is 1. The Kier molecular flexibility index (Phi) is 6.52. The molecule has 1 amide bonds. The summed E-state index contributed by atoms with van der Waals surface area (Å²) in [5.74, 6) is -0.532. The van der Waals surface area contributed by atoms with Crippen LogP contribution in [0.1, 0.15) is 39.2 Å². The zero-order valence-corrected chi connectivity index (χ0v) is 17.5. The number of piperidine rings is 1. The highest BCUT2D eigenvalue weighted by Crippen LogP contribution is 2.25. The summed E-state index contributed by atoms with van der Waals surface area (Å²) in [7, 11) is -2.11. The Balaban J connectivity index is 2.06. The molecule has 0 spiro atoms. The summed E-state index contributed by atoms with van der Waals surface area (Å²) < 4.78 is 46.2. The number of rotatable bonds is 4. The summed E-state index contributed by atoms with van der Waals surface area (Å²) >= 11 is 0. The molecule has 1 fully saturated rings. The van der Waals surface area contributed by atoms with Gasteiger partial charge in [0.25, 0.3) is 0 Å². The molecule has 0 radical (unpaired) electrons. The molecular formula is C19H29FN2O4S. The zero-order chi connectivity index (χ0) is 20.4. The van der Waals surface area contributed by atoms with E-state index in [1.807, 2.05) is 0 Å². The number of amides is 1. The number of benzene rings is 1. The summed E-state index contributed by atoms with van der Waals surface area (Å²) in [6, 6.07) is 3.98. The van der Waals surface area contributed by atoms with Crippen molar-refractivity contribution in [2.45, 2.75) is 51.0 Å². The van der Waals surface area contributed by atoms with E-state index in [9.17, 15) is 17.6 Å². The maximum Gasteiger partial charge on any atom is 0.410 e. The lowest BCUT2D eigenvalue weighted by molar-refractivity contribution is 0.0258. The summed E-state index contributed by atoms with van der Waals surface area (Å²) in [5.41, 5.74) is -0.174. The quantitative estimate of drug-likeness (QED) is 0.777. The van der Waals surface area contributed by atoms with E-state index in [1.54, 1.807) is 34.7 Å². The maximum atomic E-state index is 13.8. The monoisotopic (exact) mass is 400 g/mol. The molecule has 27 heavy (non-hydrogen) atoms. The fourth-order valence-corrected chi connectivity index (χ4v) is 4.65. The van der Waals surface area contributed by atoms with Gasteiger partial charge in [-0.3, -0.25) is 0 Å². The molecule has 0 aromatic heterocycles. The van der Waals surface area contributed by atoms with E-state index in [-0.39, 0.29) is 10.8 Å². The minimum atomic E-state index is -3.76. The van der Waals surface area contributed by atoms with Crippen LogP contribution in [0.2, 0.25) is 0 Å². The lowest BCUT2D eigenvalue weighted by Gasteiger charge is -2.34. The first-order valence-corrected chi connectivity index (χ1v) is 10.5. The van der Waals surface area contributed by atoms with Crippen LogP contribution in [0.5, 0.6) is 0 Å². The predicted molar refractivity (Wildman–Crippen MR) is 101 cm³/mol. The number of carbonyl (C=O) groups excluding carboxylic acids is 1. The molecule has 1 atom stereocenters. The van der Waals surface area contributed by atoms with Crippen molar-refractivity contribution in [3.8, 4) is 0 Å². The van der Waals surface area contributed by atoms with Gasteiger partial charge in [-0.05, 0) is 64.2 Å². The predicted octanol–water partition coefficient (Wildman–Crippen LogP) is 3.40. The van der Waals surface area contributed by atoms with Gasteiger partial charge in [-0.2, -0.15) is 4.31 Å². The van der Waals surface area contributed by atoms with Gasteiger partial charge in [0.1, 0.15) is 11.4 Å². The summed E-state index contributed by atoms with van der Waals surface area (Å²) in [4.78, 5) is 13.6. The van der Waals surface area contributed by atoms with E-state index in [0.717, 1.165) is 12.5 Å². The van der Waals surface area contributed by atoms with Crippen LogP contribution in [0.3, 0.4) is 0 Å². The van der Waals surface area contributed by atoms with Crippen molar-refractivity contribution >= 4 is 16.1 Å². The molecule has 1 saturated heterocycles. The SMILES string of the molecule is Cc1ccc(S(=O)(=O)N2CCCC(CN(C)C(=O)OC(C)(C)C)C2)cc1F. The number of sulfonamides is 1. The molecule has 0 bridgehead atoms. The van der Waals surface area contributed by atoms with Gasteiger partial charge in [0.05, 0.1) is 4.90 Å². The van der Waals surface area contributed by atoms with E-state index in [1.165, 1.54) is 21.3 Å². The van der Waals surface area contributed by atoms with Gasteiger partial charge in [0, 0.05) is 26.7 Å². The molecule has 6 nitrogen and oxygen atoms in total. The van der Waals surface area contributed by atoms with Crippen molar-refractivity contribution in [2.75, 3.05) is 26.7 Å². The third-order valence-electron chi connectivity index (χ3n) is 4.50. The van der Waals surface area contributed by atoms with Gasteiger partial charge in [0.2, 0.25) is 10.0 Å². The van der Waals surface area contributed by atoms with Gasteiger partial charge in [-0.15, -0.1) is 0 Å². The second-order valence-corrected chi connectivity index (χ2v) is 10.1. The molecule has 1 aromatic rings. The minimum Gasteiger partial charge on any atom is -0.444 e. The first-order chi connectivity index (χ1) is 12.4. The van der Waals surface area contributed by atoms with Crippen molar-refractivity contribution in [3.63, 3.8) is 0 Å². The Hall–Kier alpha value is -1.67. The molecule has 1 aliphatic rings. The van der Waals surface area contributed by atoms with Gasteiger partial charge >= 0.3 is 6.09 Å². The number of nitrogens with zero attached hydrogens (tertiary/aromatic N) is 2. The molecule has 2 rings (SSSR count). The van der Waals surface area contributed by atoms with E-state index in [2.05, 4.69) is 0 Å². The topological polar surface area (TPSA) is 66.9 Å². The van der Waals surface area contributed by atoms with Gasteiger partial charge in [-0.1, -0.05) is 6.07 Å².